The summed E-state index contributed by atoms with van der Waals surface area (Å²) in [5.41, 5.74) is 1.10. The van der Waals surface area contributed by atoms with E-state index in [4.69, 9.17) is 0 Å². The van der Waals surface area contributed by atoms with Gasteiger partial charge >= 0.3 is 0 Å². The van der Waals surface area contributed by atoms with Gasteiger partial charge in [-0.2, -0.15) is 0 Å². The Hall–Kier alpha value is -0.300. The molecule has 0 bridgehead atoms. The van der Waals surface area contributed by atoms with Crippen LogP contribution in [0, 0.1) is 23.7 Å². The number of rotatable bonds is 1. The van der Waals surface area contributed by atoms with Gasteiger partial charge < -0.3 is 5.11 Å². The van der Waals surface area contributed by atoms with Crippen LogP contribution in [0.15, 0.2) is 11.6 Å². The van der Waals surface area contributed by atoms with Crippen molar-refractivity contribution in [1.29, 1.82) is 0 Å². The highest BCUT2D eigenvalue weighted by Gasteiger charge is 2.36. The van der Waals surface area contributed by atoms with Gasteiger partial charge in [0, 0.05) is 5.92 Å². The minimum absolute atomic E-state index is 0.357. The van der Waals surface area contributed by atoms with E-state index in [1.54, 1.807) is 5.57 Å². The molecule has 0 saturated heterocycles. The van der Waals surface area contributed by atoms with Gasteiger partial charge in [-0.3, -0.25) is 0 Å². The summed E-state index contributed by atoms with van der Waals surface area (Å²) in [6.07, 6.45) is 7.56. The maximum Gasteiger partial charge on any atom is 0.0654 e. The van der Waals surface area contributed by atoms with Crippen molar-refractivity contribution in [1.82, 2.24) is 0 Å². The molecule has 1 saturated carbocycles. The van der Waals surface area contributed by atoms with Gasteiger partial charge in [0.15, 0.2) is 0 Å². The molecule has 92 valence electrons. The monoisotopic (exact) mass is 222 g/mol. The van der Waals surface area contributed by atoms with E-state index in [-0.39, 0.29) is 0 Å². The molecule has 2 aliphatic carbocycles. The highest BCUT2D eigenvalue weighted by atomic mass is 16.3. The number of hydrogen-bond donors (Lipinski definition) is 1. The zero-order chi connectivity index (χ0) is 11.9. The van der Waals surface area contributed by atoms with Crippen LogP contribution < -0.4 is 0 Å². The van der Waals surface area contributed by atoms with E-state index < -0.39 is 5.60 Å². The molecule has 1 N–H and O–H groups in total. The fraction of sp³-hybridized carbons (Fsp3) is 0.867. The third kappa shape index (κ3) is 2.20. The van der Waals surface area contributed by atoms with Crippen LogP contribution in [-0.2, 0) is 0 Å². The molecular formula is C15H26O. The Bertz CT molecular complexity index is 284. The molecule has 0 radical (unpaired) electrons. The molecular weight excluding hydrogens is 196 g/mol. The Morgan fingerprint density at radius 1 is 1.12 bits per heavy atom. The maximum atomic E-state index is 10.2. The van der Waals surface area contributed by atoms with Crippen LogP contribution in [-0.4, -0.2) is 10.7 Å². The Kier molecular flexibility index (Phi) is 3.18. The zero-order valence-electron chi connectivity index (χ0n) is 11.2. The second-order valence-corrected chi connectivity index (χ2v) is 6.57. The Balaban J connectivity index is 2.28. The fourth-order valence-electron chi connectivity index (χ4n) is 3.55. The Morgan fingerprint density at radius 3 is 2.44 bits per heavy atom. The molecule has 2 rings (SSSR count). The molecule has 1 fully saturated rings. The molecule has 16 heavy (non-hydrogen) atoms. The van der Waals surface area contributed by atoms with E-state index in [0.29, 0.717) is 5.92 Å². The van der Waals surface area contributed by atoms with Crippen molar-refractivity contribution in [3.8, 4) is 0 Å². The summed E-state index contributed by atoms with van der Waals surface area (Å²) in [5.74, 6) is 2.72. The predicted molar refractivity (Wildman–Crippen MR) is 68.2 cm³/mol. The maximum absolute atomic E-state index is 10.2. The SMILES string of the molecule is C[C@H]1CC[C@H]2C1=C[C@@H](C(C)(C)O)CC[C@@H]2C. The van der Waals surface area contributed by atoms with Crippen LogP contribution in [0.25, 0.3) is 0 Å². The standard InChI is InChI=1S/C15H26O/c1-10-5-7-12(15(3,4)16)9-14-11(2)6-8-13(10)14/h9-13,16H,5-8H2,1-4H3/t10-,11-,12-,13+/m0/s1. The molecule has 0 unspecified atom stereocenters. The minimum atomic E-state index is -0.552. The number of allylic oxidation sites excluding steroid dienone is 1. The summed E-state index contributed by atoms with van der Waals surface area (Å²) in [6, 6.07) is 0. The van der Waals surface area contributed by atoms with E-state index in [0.717, 1.165) is 24.2 Å². The quantitative estimate of drug-likeness (QED) is 0.669. The molecule has 1 nitrogen and oxygen atoms in total. The third-order valence-corrected chi connectivity index (χ3v) is 4.83. The van der Waals surface area contributed by atoms with Crippen molar-refractivity contribution in [2.24, 2.45) is 23.7 Å². The molecule has 0 heterocycles. The Morgan fingerprint density at radius 2 is 1.81 bits per heavy atom. The van der Waals surface area contributed by atoms with E-state index in [2.05, 4.69) is 19.9 Å². The van der Waals surface area contributed by atoms with Crippen LogP contribution in [0.5, 0.6) is 0 Å². The van der Waals surface area contributed by atoms with E-state index in [1.807, 2.05) is 13.8 Å². The van der Waals surface area contributed by atoms with Crippen molar-refractivity contribution < 1.29 is 5.11 Å². The summed E-state index contributed by atoms with van der Waals surface area (Å²) >= 11 is 0. The average Bonchev–Trinajstić information content (AvgIpc) is 2.42. The van der Waals surface area contributed by atoms with Crippen LogP contribution in [0.2, 0.25) is 0 Å². The molecule has 0 aromatic rings. The summed E-state index contributed by atoms with van der Waals surface area (Å²) in [4.78, 5) is 0. The second kappa shape index (κ2) is 4.18. The first-order valence-corrected chi connectivity index (χ1v) is 6.83. The molecule has 0 aromatic heterocycles. The largest absolute Gasteiger partial charge is 0.390 e. The summed E-state index contributed by atoms with van der Waals surface area (Å²) in [7, 11) is 0. The van der Waals surface area contributed by atoms with Gasteiger partial charge in [-0.05, 0) is 57.3 Å². The topological polar surface area (TPSA) is 20.2 Å². The summed E-state index contributed by atoms with van der Waals surface area (Å²) in [6.45, 7) is 8.66. The number of aliphatic hydroxyl groups is 1. The third-order valence-electron chi connectivity index (χ3n) is 4.83. The lowest BCUT2D eigenvalue weighted by molar-refractivity contribution is 0.0321. The lowest BCUT2D eigenvalue weighted by atomic mass is 9.85. The lowest BCUT2D eigenvalue weighted by Crippen LogP contribution is -2.29. The zero-order valence-corrected chi connectivity index (χ0v) is 11.2. The average molecular weight is 222 g/mol. The highest BCUT2D eigenvalue weighted by Crippen LogP contribution is 2.46. The van der Waals surface area contributed by atoms with Gasteiger partial charge in [-0.1, -0.05) is 25.5 Å². The first-order valence-electron chi connectivity index (χ1n) is 6.83. The summed E-state index contributed by atoms with van der Waals surface area (Å²) in [5, 5.41) is 10.2. The molecule has 0 aromatic carbocycles. The van der Waals surface area contributed by atoms with Gasteiger partial charge in [0.1, 0.15) is 0 Å². The predicted octanol–water partition coefficient (Wildman–Crippen LogP) is 3.78. The van der Waals surface area contributed by atoms with Crippen LogP contribution in [0.1, 0.15) is 53.4 Å². The number of fused-ring (bicyclic) bond motifs is 1. The van der Waals surface area contributed by atoms with Crippen molar-refractivity contribution in [2.75, 3.05) is 0 Å². The van der Waals surface area contributed by atoms with E-state index in [1.165, 1.54) is 19.3 Å². The Labute approximate surface area is 99.9 Å². The highest BCUT2D eigenvalue weighted by molar-refractivity contribution is 5.20. The van der Waals surface area contributed by atoms with Crippen LogP contribution in [0.4, 0.5) is 0 Å². The second-order valence-electron chi connectivity index (χ2n) is 6.57. The number of hydrogen-bond acceptors (Lipinski definition) is 1. The van der Waals surface area contributed by atoms with Crippen molar-refractivity contribution in [3.05, 3.63) is 11.6 Å². The normalized spacial score (nSPS) is 40.2. The van der Waals surface area contributed by atoms with Gasteiger partial charge in [-0.15, -0.1) is 0 Å². The fourth-order valence-corrected chi connectivity index (χ4v) is 3.55. The molecule has 0 amide bonds. The first-order chi connectivity index (χ1) is 7.39. The van der Waals surface area contributed by atoms with Crippen molar-refractivity contribution >= 4 is 0 Å². The van der Waals surface area contributed by atoms with Gasteiger partial charge in [-0.25, -0.2) is 0 Å². The first kappa shape index (κ1) is 12.2. The van der Waals surface area contributed by atoms with Gasteiger partial charge in [0.05, 0.1) is 5.60 Å². The van der Waals surface area contributed by atoms with Gasteiger partial charge in [0.2, 0.25) is 0 Å². The molecule has 4 atom stereocenters. The van der Waals surface area contributed by atoms with Crippen molar-refractivity contribution in [3.63, 3.8) is 0 Å². The molecule has 2 aliphatic rings. The van der Waals surface area contributed by atoms with E-state index in [9.17, 15) is 5.11 Å². The summed E-state index contributed by atoms with van der Waals surface area (Å²) < 4.78 is 0. The minimum Gasteiger partial charge on any atom is -0.390 e. The van der Waals surface area contributed by atoms with Gasteiger partial charge in [0.25, 0.3) is 0 Å². The van der Waals surface area contributed by atoms with Crippen molar-refractivity contribution in [2.45, 2.75) is 59.0 Å². The molecule has 0 spiro atoms. The lowest BCUT2D eigenvalue weighted by Gasteiger charge is -2.27. The van der Waals surface area contributed by atoms with E-state index >= 15 is 0 Å². The van der Waals surface area contributed by atoms with Crippen LogP contribution in [0.3, 0.4) is 0 Å². The molecule has 1 heteroatoms. The smallest absolute Gasteiger partial charge is 0.0654 e. The molecule has 0 aliphatic heterocycles. The van der Waals surface area contributed by atoms with Crippen LogP contribution >= 0.6 is 0 Å².